The summed E-state index contributed by atoms with van der Waals surface area (Å²) in [4.78, 5) is 15.6. The molecule has 5 nitrogen and oxygen atoms in total. The molecule has 0 aliphatic heterocycles. The van der Waals surface area contributed by atoms with Crippen LogP contribution in [0.2, 0.25) is 0 Å². The molecule has 0 amide bonds. The standard InChI is InChI=1S/C47H31N5/c1-5-17-32(18-6-1)36-31-37(33-19-7-2-8-20-33)44(35-23-11-4-12-24-35)45(43(36)34-21-9-3-10-22-34)39-29-30-48-46(49-39)52-42-28-16-15-27-41(42)51-40-26-14-13-25-38(40)50-47(51)52/h1-31H. The van der Waals surface area contributed by atoms with Crippen molar-refractivity contribution in [1.82, 2.24) is 23.9 Å². The van der Waals surface area contributed by atoms with E-state index in [4.69, 9.17) is 15.0 Å². The van der Waals surface area contributed by atoms with Crippen LogP contribution in [0.3, 0.4) is 0 Å². The third kappa shape index (κ3) is 4.83. The molecule has 0 saturated carbocycles. The third-order valence-corrected chi connectivity index (χ3v) is 9.83. The summed E-state index contributed by atoms with van der Waals surface area (Å²) in [6.07, 6.45) is 1.88. The van der Waals surface area contributed by atoms with Crippen LogP contribution >= 0.6 is 0 Å². The van der Waals surface area contributed by atoms with Gasteiger partial charge in [-0.2, -0.15) is 0 Å². The molecule has 0 bridgehead atoms. The highest BCUT2D eigenvalue weighted by Gasteiger charge is 2.26. The van der Waals surface area contributed by atoms with Gasteiger partial charge in [-0.3, -0.25) is 4.40 Å². The van der Waals surface area contributed by atoms with E-state index in [-0.39, 0.29) is 0 Å². The zero-order chi connectivity index (χ0) is 34.4. The van der Waals surface area contributed by atoms with Gasteiger partial charge in [0.05, 0.1) is 27.8 Å². The monoisotopic (exact) mass is 665 g/mol. The molecule has 0 fully saturated rings. The lowest BCUT2D eigenvalue weighted by molar-refractivity contribution is 0.969. The second-order valence-corrected chi connectivity index (χ2v) is 12.9. The second-order valence-electron chi connectivity index (χ2n) is 12.9. The molecule has 0 aliphatic carbocycles. The number of hydrogen-bond acceptors (Lipinski definition) is 3. The normalized spacial score (nSPS) is 11.5. The first-order chi connectivity index (χ1) is 25.8. The first-order valence-electron chi connectivity index (χ1n) is 17.5. The van der Waals surface area contributed by atoms with Crippen molar-refractivity contribution in [2.45, 2.75) is 0 Å². The molecular weight excluding hydrogens is 635 g/mol. The van der Waals surface area contributed by atoms with Crippen molar-refractivity contribution in [3.63, 3.8) is 0 Å². The van der Waals surface area contributed by atoms with Crippen LogP contribution in [-0.4, -0.2) is 23.9 Å². The van der Waals surface area contributed by atoms with Gasteiger partial charge in [0.1, 0.15) is 0 Å². The molecule has 0 radical (unpaired) electrons. The van der Waals surface area contributed by atoms with Gasteiger partial charge in [-0.05, 0) is 80.9 Å². The molecule has 0 spiro atoms. The Bertz CT molecular complexity index is 2770. The summed E-state index contributed by atoms with van der Waals surface area (Å²) in [5, 5.41) is 0. The van der Waals surface area contributed by atoms with Crippen molar-refractivity contribution >= 4 is 27.8 Å². The molecule has 5 heteroatoms. The van der Waals surface area contributed by atoms with Crippen molar-refractivity contribution in [3.05, 3.63) is 188 Å². The fourth-order valence-electron chi connectivity index (χ4n) is 7.58. The number of nitrogens with zero attached hydrogens (tertiary/aromatic N) is 5. The predicted molar refractivity (Wildman–Crippen MR) is 212 cm³/mol. The Kier molecular flexibility index (Phi) is 7.07. The van der Waals surface area contributed by atoms with Crippen LogP contribution in [0.1, 0.15) is 0 Å². The first kappa shape index (κ1) is 29.8. The number of benzene rings is 7. The summed E-state index contributed by atoms with van der Waals surface area (Å²) >= 11 is 0. The van der Waals surface area contributed by atoms with Gasteiger partial charge in [0, 0.05) is 11.8 Å². The van der Waals surface area contributed by atoms with Crippen LogP contribution in [0, 0.1) is 0 Å². The summed E-state index contributed by atoms with van der Waals surface area (Å²) in [5.74, 6) is 1.33. The quantitative estimate of drug-likeness (QED) is 0.178. The van der Waals surface area contributed by atoms with Crippen LogP contribution in [0.25, 0.3) is 89.6 Å². The third-order valence-electron chi connectivity index (χ3n) is 9.83. The number of fused-ring (bicyclic) bond motifs is 5. The molecule has 3 heterocycles. The van der Waals surface area contributed by atoms with E-state index in [1.54, 1.807) is 0 Å². The first-order valence-corrected chi connectivity index (χ1v) is 17.5. The van der Waals surface area contributed by atoms with E-state index >= 15 is 0 Å². The van der Waals surface area contributed by atoms with Gasteiger partial charge in [0.25, 0.3) is 0 Å². The fraction of sp³-hybridized carbons (Fsp3) is 0. The number of aromatic nitrogens is 5. The summed E-state index contributed by atoms with van der Waals surface area (Å²) in [5.41, 5.74) is 14.9. The molecule has 0 N–H and O–H groups in total. The summed E-state index contributed by atoms with van der Waals surface area (Å²) in [7, 11) is 0. The Labute approximate surface area is 300 Å². The van der Waals surface area contributed by atoms with E-state index in [1.165, 1.54) is 0 Å². The fourth-order valence-corrected chi connectivity index (χ4v) is 7.58. The van der Waals surface area contributed by atoms with Gasteiger partial charge in [0.2, 0.25) is 11.7 Å². The van der Waals surface area contributed by atoms with E-state index in [9.17, 15) is 0 Å². The van der Waals surface area contributed by atoms with E-state index in [0.717, 1.165) is 83.6 Å². The maximum absolute atomic E-state index is 5.50. The summed E-state index contributed by atoms with van der Waals surface area (Å²) in [6.45, 7) is 0. The van der Waals surface area contributed by atoms with E-state index in [1.807, 2.05) is 18.3 Å². The molecule has 244 valence electrons. The Morgan fingerprint density at radius 3 is 1.44 bits per heavy atom. The van der Waals surface area contributed by atoms with Crippen molar-refractivity contribution in [2.75, 3.05) is 0 Å². The van der Waals surface area contributed by atoms with Gasteiger partial charge < -0.3 is 0 Å². The minimum Gasteiger partial charge on any atom is -0.276 e. The molecule has 0 unspecified atom stereocenters. The van der Waals surface area contributed by atoms with Crippen LogP contribution in [0.5, 0.6) is 0 Å². The van der Waals surface area contributed by atoms with Crippen molar-refractivity contribution in [3.8, 4) is 61.7 Å². The number of para-hydroxylation sites is 4. The van der Waals surface area contributed by atoms with Crippen LogP contribution in [0.15, 0.2) is 188 Å². The molecule has 7 aromatic carbocycles. The lowest BCUT2D eigenvalue weighted by atomic mass is 9.80. The van der Waals surface area contributed by atoms with Gasteiger partial charge in [0.15, 0.2) is 0 Å². The average Bonchev–Trinajstić information content (AvgIpc) is 3.76. The van der Waals surface area contributed by atoms with Crippen LogP contribution in [0.4, 0.5) is 0 Å². The highest BCUT2D eigenvalue weighted by Crippen LogP contribution is 2.50. The molecule has 10 aromatic rings. The lowest BCUT2D eigenvalue weighted by Crippen LogP contribution is -2.04. The lowest BCUT2D eigenvalue weighted by Gasteiger charge is -2.24. The van der Waals surface area contributed by atoms with E-state index in [0.29, 0.717) is 5.95 Å². The zero-order valence-corrected chi connectivity index (χ0v) is 28.1. The maximum Gasteiger partial charge on any atom is 0.237 e. The summed E-state index contributed by atoms with van der Waals surface area (Å²) < 4.78 is 4.29. The Balaban J connectivity index is 1.35. The Hall–Kier alpha value is -7.11. The second kappa shape index (κ2) is 12.3. The van der Waals surface area contributed by atoms with Gasteiger partial charge in [-0.15, -0.1) is 0 Å². The molecule has 52 heavy (non-hydrogen) atoms. The van der Waals surface area contributed by atoms with Gasteiger partial charge >= 0.3 is 0 Å². The van der Waals surface area contributed by atoms with Gasteiger partial charge in [-0.25, -0.2) is 19.5 Å². The van der Waals surface area contributed by atoms with Crippen molar-refractivity contribution in [1.29, 1.82) is 0 Å². The largest absolute Gasteiger partial charge is 0.276 e. The van der Waals surface area contributed by atoms with E-state index < -0.39 is 0 Å². The van der Waals surface area contributed by atoms with Crippen LogP contribution in [-0.2, 0) is 0 Å². The molecular formula is C47H31N5. The smallest absolute Gasteiger partial charge is 0.237 e. The molecule has 10 rings (SSSR count). The Morgan fingerprint density at radius 2 is 0.865 bits per heavy atom. The number of hydrogen-bond donors (Lipinski definition) is 0. The Morgan fingerprint density at radius 1 is 0.385 bits per heavy atom. The topological polar surface area (TPSA) is 48.0 Å². The molecule has 0 saturated heterocycles. The summed E-state index contributed by atoms with van der Waals surface area (Å²) in [6, 6.07) is 63.7. The maximum atomic E-state index is 5.50. The molecule has 0 atom stereocenters. The van der Waals surface area contributed by atoms with Crippen LogP contribution < -0.4 is 0 Å². The van der Waals surface area contributed by atoms with Gasteiger partial charge in [-0.1, -0.05) is 146 Å². The molecule has 0 aliphatic rings. The predicted octanol–water partition coefficient (Wildman–Crippen LogP) is 11.6. The zero-order valence-electron chi connectivity index (χ0n) is 28.1. The number of rotatable bonds is 6. The van der Waals surface area contributed by atoms with E-state index in [2.05, 4.69) is 179 Å². The van der Waals surface area contributed by atoms with Crippen molar-refractivity contribution < 1.29 is 0 Å². The number of imidazole rings is 2. The molecule has 3 aromatic heterocycles. The highest BCUT2D eigenvalue weighted by molar-refractivity contribution is 6.07. The average molecular weight is 666 g/mol. The minimum atomic E-state index is 0.559. The van der Waals surface area contributed by atoms with Crippen molar-refractivity contribution in [2.24, 2.45) is 0 Å². The minimum absolute atomic E-state index is 0.559. The SMILES string of the molecule is c1ccc(-c2cc(-c3ccccc3)c(-c3ccccc3)c(-c3ccnc(-n4c5ccccc5n5c6ccccc6nc45)n3)c2-c2ccccc2)cc1. The highest BCUT2D eigenvalue weighted by atomic mass is 15.3.